The summed E-state index contributed by atoms with van der Waals surface area (Å²) in [6.45, 7) is 15.9. The van der Waals surface area contributed by atoms with Gasteiger partial charge in [0.2, 0.25) is 0 Å². The molecular weight excluding hydrogens is 462 g/mol. The number of ether oxygens (including phenoxy) is 2. The number of rotatable bonds is 10. The van der Waals surface area contributed by atoms with Gasteiger partial charge < -0.3 is 19.7 Å². The molecule has 2 N–H and O–H groups in total. The lowest BCUT2D eigenvalue weighted by Crippen LogP contribution is -2.69. The number of carbonyl (C=O) groups is 3. The number of hydrogen-bond acceptors (Lipinski definition) is 5. The summed E-state index contributed by atoms with van der Waals surface area (Å²) in [6, 6.07) is 9.59. The fourth-order valence-electron chi connectivity index (χ4n) is 4.07. The lowest BCUT2D eigenvalue weighted by atomic mass is 9.67. The predicted molar refractivity (Wildman–Crippen MR) is 139 cm³/mol. The van der Waals surface area contributed by atoms with Crippen molar-refractivity contribution in [3.8, 4) is 0 Å². The molecule has 202 valence electrons. The quantitative estimate of drug-likeness (QED) is 0.301. The minimum absolute atomic E-state index is 0.103. The number of carbonyl (C=O) groups excluding carboxylic acids is 1. The zero-order valence-electron chi connectivity index (χ0n) is 23.2. The van der Waals surface area contributed by atoms with Crippen molar-refractivity contribution in [2.45, 2.75) is 98.4 Å². The van der Waals surface area contributed by atoms with Crippen LogP contribution in [0.25, 0.3) is 0 Å². The molecule has 1 aromatic carbocycles. The monoisotopic (exact) mass is 505 g/mol. The maximum atomic E-state index is 13.4. The summed E-state index contributed by atoms with van der Waals surface area (Å²) < 4.78 is 11.3. The fourth-order valence-corrected chi connectivity index (χ4v) is 4.07. The van der Waals surface area contributed by atoms with Crippen LogP contribution in [-0.2, 0) is 25.7 Å². The Morgan fingerprint density at radius 2 is 1.47 bits per heavy atom. The zero-order valence-corrected chi connectivity index (χ0v) is 23.2. The van der Waals surface area contributed by atoms with Gasteiger partial charge in [0.1, 0.15) is 5.60 Å². The van der Waals surface area contributed by atoms with Crippen LogP contribution in [0.1, 0.15) is 80.7 Å². The van der Waals surface area contributed by atoms with Crippen LogP contribution < -0.4 is 0 Å². The van der Waals surface area contributed by atoms with Crippen molar-refractivity contribution in [2.24, 2.45) is 5.41 Å². The zero-order chi connectivity index (χ0) is 27.9. The Bertz CT molecular complexity index is 933. The van der Waals surface area contributed by atoms with Crippen LogP contribution in [-0.4, -0.2) is 56.4 Å². The first kappa shape index (κ1) is 31.2. The third kappa shape index (κ3) is 8.36. The molecule has 0 unspecified atom stereocenters. The van der Waals surface area contributed by atoms with E-state index in [-0.39, 0.29) is 18.6 Å². The van der Waals surface area contributed by atoms with E-state index in [1.807, 2.05) is 30.3 Å². The van der Waals surface area contributed by atoms with E-state index in [4.69, 9.17) is 9.47 Å². The fraction of sp³-hybridized carbons (Fsp3) is 0.607. The molecule has 0 radical (unpaired) electrons. The lowest BCUT2D eigenvalue weighted by Gasteiger charge is -2.53. The Balaban J connectivity index is 3.39. The largest absolute Gasteiger partial charge is 0.479 e. The van der Waals surface area contributed by atoms with Crippen LogP contribution in [0.4, 0.5) is 4.79 Å². The average molecular weight is 506 g/mol. The van der Waals surface area contributed by atoms with E-state index in [9.17, 15) is 24.6 Å². The Morgan fingerprint density at radius 1 is 0.917 bits per heavy atom. The van der Waals surface area contributed by atoms with Gasteiger partial charge in [0, 0.05) is 17.5 Å². The molecule has 0 aliphatic carbocycles. The summed E-state index contributed by atoms with van der Waals surface area (Å²) in [5.74, 6) is -2.55. The molecule has 0 bridgehead atoms. The summed E-state index contributed by atoms with van der Waals surface area (Å²) >= 11 is 0. The standard InChI is InChI=1S/C28H43NO7/c1-25(2,3)28(23(32)33,29(26(4,5)6)24(34)36-27(7,8)9)18-21(22(30)31)16-13-17-35-19-20-14-11-10-12-15-20/h10-12,14-16H,13,17-19H2,1-9H3,(H,30,31)(H,32,33)/t28-/m1/s1. The number of carboxylic acid groups (broad SMARTS) is 2. The molecule has 8 heteroatoms. The van der Waals surface area contributed by atoms with Crippen molar-refractivity contribution in [3.63, 3.8) is 0 Å². The third-order valence-corrected chi connectivity index (χ3v) is 5.71. The Labute approximate surface area is 215 Å². The third-order valence-electron chi connectivity index (χ3n) is 5.71. The molecule has 1 aromatic rings. The maximum absolute atomic E-state index is 13.4. The SMILES string of the molecule is CC(C)(C)OC(=O)N(C(C)(C)C)[C@](CC(=CCCOCc1ccccc1)C(=O)O)(C(=O)O)C(C)(C)C. The van der Waals surface area contributed by atoms with Gasteiger partial charge >= 0.3 is 18.0 Å². The van der Waals surface area contributed by atoms with E-state index < -0.39 is 46.5 Å². The van der Waals surface area contributed by atoms with Gasteiger partial charge in [-0.1, -0.05) is 57.2 Å². The molecule has 1 amide bonds. The molecule has 0 aromatic heterocycles. The summed E-state index contributed by atoms with van der Waals surface area (Å²) in [5, 5.41) is 20.6. The maximum Gasteiger partial charge on any atom is 0.411 e. The van der Waals surface area contributed by atoms with Gasteiger partial charge in [-0.25, -0.2) is 14.4 Å². The minimum Gasteiger partial charge on any atom is -0.479 e. The van der Waals surface area contributed by atoms with E-state index in [1.54, 1.807) is 62.3 Å². The van der Waals surface area contributed by atoms with Gasteiger partial charge in [0.05, 0.1) is 13.2 Å². The van der Waals surface area contributed by atoms with Crippen molar-refractivity contribution in [3.05, 3.63) is 47.5 Å². The predicted octanol–water partition coefficient (Wildman–Crippen LogP) is 5.90. The molecule has 0 heterocycles. The van der Waals surface area contributed by atoms with Crippen molar-refractivity contribution in [1.82, 2.24) is 4.90 Å². The van der Waals surface area contributed by atoms with E-state index in [0.29, 0.717) is 6.61 Å². The van der Waals surface area contributed by atoms with Gasteiger partial charge in [-0.15, -0.1) is 0 Å². The van der Waals surface area contributed by atoms with Crippen LogP contribution in [0, 0.1) is 5.41 Å². The van der Waals surface area contributed by atoms with Gasteiger partial charge in [-0.3, -0.25) is 4.90 Å². The molecule has 0 fully saturated rings. The summed E-state index contributed by atoms with van der Waals surface area (Å²) in [4.78, 5) is 39.9. The van der Waals surface area contributed by atoms with E-state index in [0.717, 1.165) is 5.56 Å². The Hall–Kier alpha value is -2.87. The molecule has 0 saturated heterocycles. The second-order valence-electron chi connectivity index (χ2n) is 11.9. The number of carboxylic acids is 2. The topological polar surface area (TPSA) is 113 Å². The summed E-state index contributed by atoms with van der Waals surface area (Å²) in [5.41, 5.74) is -3.94. The van der Waals surface area contributed by atoms with Gasteiger partial charge in [0.25, 0.3) is 0 Å². The second kappa shape index (κ2) is 11.9. The molecule has 36 heavy (non-hydrogen) atoms. The molecule has 0 aliphatic rings. The van der Waals surface area contributed by atoms with E-state index in [2.05, 4.69) is 0 Å². The highest BCUT2D eigenvalue weighted by Crippen LogP contribution is 2.45. The number of benzene rings is 1. The average Bonchev–Trinajstić information content (AvgIpc) is 2.68. The molecule has 0 spiro atoms. The van der Waals surface area contributed by atoms with E-state index >= 15 is 0 Å². The Kier molecular flexibility index (Phi) is 10.3. The van der Waals surface area contributed by atoms with E-state index in [1.165, 1.54) is 11.0 Å². The van der Waals surface area contributed by atoms with Crippen molar-refractivity contribution < 1.29 is 34.1 Å². The van der Waals surface area contributed by atoms with Crippen molar-refractivity contribution in [2.75, 3.05) is 6.61 Å². The lowest BCUT2D eigenvalue weighted by molar-refractivity contribution is -0.166. The summed E-state index contributed by atoms with van der Waals surface area (Å²) in [7, 11) is 0. The highest BCUT2D eigenvalue weighted by Gasteiger charge is 2.59. The van der Waals surface area contributed by atoms with Crippen molar-refractivity contribution in [1.29, 1.82) is 0 Å². The summed E-state index contributed by atoms with van der Waals surface area (Å²) in [6.07, 6.45) is 0.530. The first-order chi connectivity index (χ1) is 16.3. The molecule has 0 aliphatic heterocycles. The van der Waals surface area contributed by atoms with Gasteiger partial charge in [-0.05, 0) is 58.9 Å². The number of hydrogen-bond donors (Lipinski definition) is 2. The molecular formula is C28H43NO7. The minimum atomic E-state index is -1.91. The number of aliphatic carboxylic acids is 2. The highest BCUT2D eigenvalue weighted by molar-refractivity contribution is 5.92. The normalized spacial score (nSPS) is 14.6. The van der Waals surface area contributed by atoms with Crippen LogP contribution in [0.2, 0.25) is 0 Å². The number of amides is 1. The van der Waals surface area contributed by atoms with Gasteiger partial charge in [-0.2, -0.15) is 0 Å². The van der Waals surface area contributed by atoms with Crippen LogP contribution in [0.3, 0.4) is 0 Å². The van der Waals surface area contributed by atoms with Crippen LogP contribution in [0.15, 0.2) is 42.0 Å². The number of nitrogens with zero attached hydrogens (tertiary/aromatic N) is 1. The van der Waals surface area contributed by atoms with Gasteiger partial charge in [0.15, 0.2) is 5.54 Å². The Morgan fingerprint density at radius 3 is 1.89 bits per heavy atom. The van der Waals surface area contributed by atoms with Crippen LogP contribution >= 0.6 is 0 Å². The molecule has 1 atom stereocenters. The molecule has 8 nitrogen and oxygen atoms in total. The first-order valence-corrected chi connectivity index (χ1v) is 12.1. The molecule has 0 saturated carbocycles. The van der Waals surface area contributed by atoms with Crippen molar-refractivity contribution >= 4 is 18.0 Å². The van der Waals surface area contributed by atoms with Crippen LogP contribution in [0.5, 0.6) is 0 Å². The molecule has 1 rings (SSSR count). The second-order valence-corrected chi connectivity index (χ2v) is 11.9. The first-order valence-electron chi connectivity index (χ1n) is 12.1. The highest BCUT2D eigenvalue weighted by atomic mass is 16.6. The smallest absolute Gasteiger partial charge is 0.411 e.